The van der Waals surface area contributed by atoms with Crippen LogP contribution in [-0.2, 0) is 16.4 Å². The molecule has 0 aromatic heterocycles. The van der Waals surface area contributed by atoms with Crippen LogP contribution in [0, 0.1) is 5.82 Å². The zero-order valence-electron chi connectivity index (χ0n) is 12.4. The fraction of sp³-hybridized carbons (Fsp3) is 0.188. The van der Waals surface area contributed by atoms with E-state index in [1.54, 1.807) is 12.1 Å². The van der Waals surface area contributed by atoms with E-state index in [1.165, 1.54) is 24.3 Å². The van der Waals surface area contributed by atoms with Crippen molar-refractivity contribution in [3.8, 4) is 0 Å². The van der Waals surface area contributed by atoms with Crippen LogP contribution in [0.5, 0.6) is 0 Å². The van der Waals surface area contributed by atoms with Crippen LogP contribution >= 0.6 is 0 Å². The molecule has 2 aromatic carbocycles. The molecule has 23 heavy (non-hydrogen) atoms. The van der Waals surface area contributed by atoms with Gasteiger partial charge in [0.2, 0.25) is 0 Å². The SMILES string of the molecule is CCCc1ccc(S(=O)(=O)Nc2cccc(F)c2C(=O)O)cc1. The van der Waals surface area contributed by atoms with Gasteiger partial charge in [-0.1, -0.05) is 31.5 Å². The van der Waals surface area contributed by atoms with Gasteiger partial charge in [0, 0.05) is 0 Å². The van der Waals surface area contributed by atoms with Crippen LogP contribution in [0.25, 0.3) is 0 Å². The van der Waals surface area contributed by atoms with Gasteiger partial charge in [0.1, 0.15) is 11.4 Å². The van der Waals surface area contributed by atoms with Gasteiger partial charge in [0.25, 0.3) is 10.0 Å². The average molecular weight is 337 g/mol. The summed E-state index contributed by atoms with van der Waals surface area (Å²) in [6.07, 6.45) is 1.77. The van der Waals surface area contributed by atoms with E-state index >= 15 is 0 Å². The number of aryl methyl sites for hydroxylation is 1. The molecule has 0 saturated carbocycles. The molecule has 0 atom stereocenters. The predicted molar refractivity (Wildman–Crippen MR) is 84.6 cm³/mol. The minimum atomic E-state index is -4.00. The molecule has 0 saturated heterocycles. The molecule has 0 amide bonds. The van der Waals surface area contributed by atoms with Crippen molar-refractivity contribution in [3.63, 3.8) is 0 Å². The molecule has 122 valence electrons. The highest BCUT2D eigenvalue weighted by Crippen LogP contribution is 2.23. The van der Waals surface area contributed by atoms with E-state index in [9.17, 15) is 17.6 Å². The van der Waals surface area contributed by atoms with Crippen molar-refractivity contribution in [2.75, 3.05) is 4.72 Å². The number of hydrogen-bond donors (Lipinski definition) is 2. The smallest absolute Gasteiger partial charge is 0.340 e. The number of halogens is 1. The van der Waals surface area contributed by atoms with Gasteiger partial charge >= 0.3 is 5.97 Å². The number of anilines is 1. The monoisotopic (exact) mass is 337 g/mol. The highest BCUT2D eigenvalue weighted by molar-refractivity contribution is 7.92. The van der Waals surface area contributed by atoms with Gasteiger partial charge in [-0.05, 0) is 36.2 Å². The van der Waals surface area contributed by atoms with Crippen molar-refractivity contribution in [2.24, 2.45) is 0 Å². The molecule has 0 radical (unpaired) electrons. The van der Waals surface area contributed by atoms with Crippen LogP contribution in [0.1, 0.15) is 29.3 Å². The molecule has 0 unspecified atom stereocenters. The minimum Gasteiger partial charge on any atom is -0.478 e. The zero-order valence-corrected chi connectivity index (χ0v) is 13.2. The number of hydrogen-bond acceptors (Lipinski definition) is 3. The molecule has 0 bridgehead atoms. The maximum absolute atomic E-state index is 13.6. The van der Waals surface area contributed by atoms with Gasteiger partial charge in [-0.25, -0.2) is 17.6 Å². The molecule has 2 N–H and O–H groups in total. The molecule has 5 nitrogen and oxygen atoms in total. The number of carboxylic acid groups (broad SMARTS) is 1. The number of benzene rings is 2. The Labute approximate surface area is 133 Å². The summed E-state index contributed by atoms with van der Waals surface area (Å²) < 4.78 is 40.4. The van der Waals surface area contributed by atoms with Crippen LogP contribution in [0.3, 0.4) is 0 Å². The van der Waals surface area contributed by atoms with E-state index in [1.807, 2.05) is 6.92 Å². The molecule has 2 aromatic rings. The van der Waals surface area contributed by atoms with Gasteiger partial charge in [0.05, 0.1) is 10.6 Å². The molecular weight excluding hydrogens is 321 g/mol. The largest absolute Gasteiger partial charge is 0.478 e. The number of carboxylic acids is 1. The summed E-state index contributed by atoms with van der Waals surface area (Å²) in [5.74, 6) is -2.55. The summed E-state index contributed by atoms with van der Waals surface area (Å²) in [5.41, 5.74) is -0.0164. The standard InChI is InChI=1S/C16H16FNO4S/c1-2-4-11-7-9-12(10-8-11)23(21,22)18-14-6-3-5-13(17)15(14)16(19)20/h3,5-10,18H,2,4H2,1H3,(H,19,20). The van der Waals surface area contributed by atoms with E-state index in [4.69, 9.17) is 5.11 Å². The Morgan fingerprint density at radius 2 is 1.83 bits per heavy atom. The summed E-state index contributed by atoms with van der Waals surface area (Å²) in [7, 11) is -4.00. The van der Waals surface area contributed by atoms with Gasteiger partial charge in [0.15, 0.2) is 0 Å². The van der Waals surface area contributed by atoms with Gasteiger partial charge in [-0.2, -0.15) is 0 Å². The first-order valence-corrected chi connectivity index (χ1v) is 8.47. The fourth-order valence-corrected chi connectivity index (χ4v) is 3.23. The minimum absolute atomic E-state index is 0.0158. The molecule has 2 rings (SSSR count). The van der Waals surface area contributed by atoms with Crippen molar-refractivity contribution in [1.29, 1.82) is 0 Å². The predicted octanol–water partition coefficient (Wildman–Crippen LogP) is 3.28. The lowest BCUT2D eigenvalue weighted by atomic mass is 10.1. The third kappa shape index (κ3) is 3.87. The maximum atomic E-state index is 13.6. The number of rotatable bonds is 6. The molecule has 0 spiro atoms. The fourth-order valence-electron chi connectivity index (χ4n) is 2.15. The van der Waals surface area contributed by atoms with Crippen molar-refractivity contribution in [3.05, 3.63) is 59.4 Å². The van der Waals surface area contributed by atoms with Crippen molar-refractivity contribution >= 4 is 21.7 Å². The van der Waals surface area contributed by atoms with Crippen LogP contribution in [-0.4, -0.2) is 19.5 Å². The normalized spacial score (nSPS) is 11.2. The van der Waals surface area contributed by atoms with E-state index < -0.39 is 27.4 Å². The summed E-state index contributed by atoms with van der Waals surface area (Å²) in [6, 6.07) is 9.67. The van der Waals surface area contributed by atoms with Crippen LogP contribution in [0.15, 0.2) is 47.4 Å². The van der Waals surface area contributed by atoms with E-state index in [2.05, 4.69) is 4.72 Å². The average Bonchev–Trinajstić information content (AvgIpc) is 2.47. The Balaban J connectivity index is 2.35. The van der Waals surface area contributed by atoms with Crippen molar-refractivity contribution in [2.45, 2.75) is 24.7 Å². The van der Waals surface area contributed by atoms with Crippen molar-refractivity contribution < 1.29 is 22.7 Å². The first kappa shape index (κ1) is 17.0. The number of nitrogens with one attached hydrogen (secondary N) is 1. The van der Waals surface area contributed by atoms with E-state index in [-0.39, 0.29) is 10.6 Å². The third-order valence-electron chi connectivity index (χ3n) is 3.24. The third-order valence-corrected chi connectivity index (χ3v) is 4.63. The Morgan fingerprint density at radius 1 is 1.17 bits per heavy atom. The number of sulfonamides is 1. The molecule has 0 aliphatic carbocycles. The second kappa shape index (κ2) is 6.78. The number of carbonyl (C=O) groups is 1. The maximum Gasteiger partial charge on any atom is 0.340 e. The highest BCUT2D eigenvalue weighted by atomic mass is 32.2. The molecule has 0 fully saturated rings. The Hall–Kier alpha value is -2.41. The highest BCUT2D eigenvalue weighted by Gasteiger charge is 2.21. The Kier molecular flexibility index (Phi) is 5.00. The molecular formula is C16H16FNO4S. The lowest BCUT2D eigenvalue weighted by molar-refractivity contribution is 0.0693. The van der Waals surface area contributed by atoms with Crippen LogP contribution in [0.2, 0.25) is 0 Å². The van der Waals surface area contributed by atoms with Crippen LogP contribution < -0.4 is 4.72 Å². The van der Waals surface area contributed by atoms with Gasteiger partial charge < -0.3 is 5.11 Å². The summed E-state index contributed by atoms with van der Waals surface area (Å²) in [6.45, 7) is 2.02. The van der Waals surface area contributed by atoms with Crippen LogP contribution in [0.4, 0.5) is 10.1 Å². The second-order valence-electron chi connectivity index (χ2n) is 4.97. The van der Waals surface area contributed by atoms with E-state index in [0.717, 1.165) is 24.5 Å². The topological polar surface area (TPSA) is 83.5 Å². The molecule has 0 heterocycles. The first-order valence-electron chi connectivity index (χ1n) is 6.98. The number of aromatic carboxylic acids is 1. The lowest BCUT2D eigenvalue weighted by Crippen LogP contribution is -2.16. The summed E-state index contributed by atoms with van der Waals surface area (Å²) in [4.78, 5) is 11.1. The van der Waals surface area contributed by atoms with E-state index in [0.29, 0.717) is 0 Å². The lowest BCUT2D eigenvalue weighted by Gasteiger charge is -2.11. The Morgan fingerprint density at radius 3 is 2.39 bits per heavy atom. The van der Waals surface area contributed by atoms with Crippen molar-refractivity contribution in [1.82, 2.24) is 0 Å². The second-order valence-corrected chi connectivity index (χ2v) is 6.65. The Bertz CT molecular complexity index is 816. The summed E-state index contributed by atoms with van der Waals surface area (Å²) in [5, 5.41) is 9.03. The molecule has 7 heteroatoms. The van der Waals surface area contributed by atoms with Gasteiger partial charge in [-0.15, -0.1) is 0 Å². The van der Waals surface area contributed by atoms with Gasteiger partial charge in [-0.3, -0.25) is 4.72 Å². The molecule has 0 aliphatic heterocycles. The molecule has 0 aliphatic rings. The summed E-state index contributed by atoms with van der Waals surface area (Å²) >= 11 is 0. The first-order chi connectivity index (χ1) is 10.8. The quantitative estimate of drug-likeness (QED) is 0.847. The zero-order chi connectivity index (χ0) is 17.0.